The molecule has 4 N–H and O–H groups in total. The minimum atomic E-state index is -5.55. The second-order valence-corrected chi connectivity index (χ2v) is 6.47. The van der Waals surface area contributed by atoms with Crippen molar-refractivity contribution in [3.8, 4) is 0 Å². The van der Waals surface area contributed by atoms with Crippen LogP contribution in [-0.2, 0) is 25.0 Å². The summed E-state index contributed by atoms with van der Waals surface area (Å²) in [7, 11) is -11.1. The molecule has 0 heterocycles. The number of aliphatic hydroxyl groups excluding tert-OH is 1. The van der Waals surface area contributed by atoms with Gasteiger partial charge in [0.15, 0.2) is 6.10 Å². The molecule has 0 aliphatic rings. The largest absolute Gasteiger partial charge is 0.479 e. The van der Waals surface area contributed by atoms with Crippen LogP contribution in [0.15, 0.2) is 0 Å². The molecule has 96 valence electrons. The molecule has 0 fully saturated rings. The van der Waals surface area contributed by atoms with Gasteiger partial charge >= 0.3 is 5.97 Å². The first-order valence-corrected chi connectivity index (χ1v) is 6.64. The predicted molar refractivity (Wildman–Crippen MR) is 49.8 cm³/mol. The highest BCUT2D eigenvalue weighted by molar-refractivity contribution is 8.05. The summed E-state index contributed by atoms with van der Waals surface area (Å²) in [4.78, 5) is 10.4. The normalized spacial score (nSPS) is 15.8. The average molecular weight is 278 g/mol. The van der Waals surface area contributed by atoms with Crippen LogP contribution < -0.4 is 0 Å². The summed E-state index contributed by atoms with van der Waals surface area (Å²) in [6.45, 7) is 0.869. The Morgan fingerprint density at radius 1 is 1.19 bits per heavy atom. The predicted octanol–water partition coefficient (Wildman–Crippen LogP) is -1.69. The van der Waals surface area contributed by atoms with Gasteiger partial charge in [-0.25, -0.2) is 4.79 Å². The highest BCUT2D eigenvalue weighted by atomic mass is 32.3. The zero-order valence-corrected chi connectivity index (χ0v) is 9.56. The van der Waals surface area contributed by atoms with Crippen LogP contribution in [0.1, 0.15) is 13.3 Å². The van der Waals surface area contributed by atoms with Crippen molar-refractivity contribution < 1.29 is 40.9 Å². The molecule has 0 aromatic heterocycles. The summed E-state index contributed by atoms with van der Waals surface area (Å²) in [5, 5.41) is 17.4. The minimum absolute atomic E-state index is 0.869. The van der Waals surface area contributed by atoms with Crippen LogP contribution in [-0.4, -0.2) is 52.3 Å². The number of carboxylic acid groups (broad SMARTS) is 1. The maximum atomic E-state index is 10.9. The molecule has 1 atom stereocenters. The lowest BCUT2D eigenvalue weighted by molar-refractivity contribution is -0.147. The van der Waals surface area contributed by atoms with E-state index in [1.54, 1.807) is 0 Å². The number of rotatable bonds is 5. The molecule has 11 heteroatoms. The van der Waals surface area contributed by atoms with Crippen LogP contribution in [0.25, 0.3) is 0 Å². The summed E-state index contributed by atoms with van der Waals surface area (Å²) in [6.07, 6.45) is -4.06. The highest BCUT2D eigenvalue weighted by Crippen LogP contribution is 2.31. The van der Waals surface area contributed by atoms with Crippen molar-refractivity contribution in [1.82, 2.24) is 0 Å². The van der Waals surface area contributed by atoms with E-state index >= 15 is 0 Å². The number of aliphatic hydroxyl groups is 1. The zero-order chi connectivity index (χ0) is 13.4. The number of carboxylic acids is 1. The minimum Gasteiger partial charge on any atom is -0.479 e. The Labute approximate surface area is 91.2 Å². The molecular formula is C5H10O9S2. The van der Waals surface area contributed by atoms with Gasteiger partial charge in [0, 0.05) is 0 Å². The fraction of sp³-hybridized carbons (Fsp3) is 0.800. The van der Waals surface area contributed by atoms with E-state index in [4.69, 9.17) is 19.3 Å². The summed E-state index contributed by atoms with van der Waals surface area (Å²) in [6, 6.07) is 0. The van der Waals surface area contributed by atoms with Crippen molar-refractivity contribution in [3.63, 3.8) is 0 Å². The van der Waals surface area contributed by atoms with E-state index in [-0.39, 0.29) is 0 Å². The van der Waals surface area contributed by atoms with Gasteiger partial charge in [0.25, 0.3) is 24.3 Å². The van der Waals surface area contributed by atoms with Crippen LogP contribution in [0.4, 0.5) is 0 Å². The highest BCUT2D eigenvalue weighted by Gasteiger charge is 2.61. The first kappa shape index (κ1) is 15.2. The lowest BCUT2D eigenvalue weighted by Crippen LogP contribution is -2.57. The standard InChI is InChI=1S/C5H10O9S2/c1-2-5(15(9,10)11,16(12,13)14)3(6)4(7)8/h3,6H,2H2,1H3,(H,7,8)(H,9,10,11)(H,12,13,14). The summed E-state index contributed by atoms with van der Waals surface area (Å²) < 4.78 is 57.3. The van der Waals surface area contributed by atoms with Gasteiger partial charge in [0.1, 0.15) is 0 Å². The Morgan fingerprint density at radius 2 is 1.50 bits per heavy atom. The number of hydrogen-bond donors (Lipinski definition) is 4. The summed E-state index contributed by atoms with van der Waals surface area (Å²) >= 11 is 0. The van der Waals surface area contributed by atoms with Gasteiger partial charge in [-0.2, -0.15) is 16.8 Å². The maximum absolute atomic E-state index is 10.9. The molecule has 0 spiro atoms. The second-order valence-electron chi connectivity index (χ2n) is 2.86. The molecule has 1 unspecified atom stereocenters. The Morgan fingerprint density at radius 3 is 1.56 bits per heavy atom. The van der Waals surface area contributed by atoms with Gasteiger partial charge < -0.3 is 10.2 Å². The number of carbonyl (C=O) groups is 1. The first-order chi connectivity index (χ1) is 6.91. The molecule has 0 saturated carbocycles. The molecule has 0 aliphatic carbocycles. The quantitative estimate of drug-likeness (QED) is 0.429. The topological polar surface area (TPSA) is 166 Å². The van der Waals surface area contributed by atoms with E-state index in [1.165, 1.54) is 0 Å². The van der Waals surface area contributed by atoms with Crippen LogP contribution >= 0.6 is 0 Å². The van der Waals surface area contributed by atoms with Crippen molar-refractivity contribution in [2.75, 3.05) is 0 Å². The zero-order valence-electron chi connectivity index (χ0n) is 7.93. The van der Waals surface area contributed by atoms with Crippen molar-refractivity contribution in [2.24, 2.45) is 0 Å². The molecular weight excluding hydrogens is 268 g/mol. The monoisotopic (exact) mass is 278 g/mol. The van der Waals surface area contributed by atoms with E-state index < -0.39 is 42.8 Å². The first-order valence-electron chi connectivity index (χ1n) is 3.76. The SMILES string of the molecule is CCC(C(O)C(=O)O)(S(=O)(=O)O)S(=O)(=O)O. The molecule has 9 nitrogen and oxygen atoms in total. The lowest BCUT2D eigenvalue weighted by Gasteiger charge is -2.28. The molecule has 0 rings (SSSR count). The van der Waals surface area contributed by atoms with Crippen molar-refractivity contribution in [3.05, 3.63) is 0 Å². The van der Waals surface area contributed by atoms with Crippen LogP contribution in [0.2, 0.25) is 0 Å². The summed E-state index contributed by atoms with van der Waals surface area (Å²) in [5.41, 5.74) is 0. The number of aliphatic carboxylic acids is 1. The van der Waals surface area contributed by atoms with E-state index in [9.17, 15) is 21.6 Å². The molecule has 16 heavy (non-hydrogen) atoms. The van der Waals surface area contributed by atoms with Crippen molar-refractivity contribution in [1.29, 1.82) is 0 Å². The van der Waals surface area contributed by atoms with Crippen LogP contribution in [0, 0.1) is 0 Å². The fourth-order valence-electron chi connectivity index (χ4n) is 1.16. The molecule has 0 saturated heterocycles. The molecule has 0 radical (unpaired) electrons. The lowest BCUT2D eigenvalue weighted by atomic mass is 10.2. The third kappa shape index (κ3) is 2.17. The van der Waals surface area contributed by atoms with E-state index in [0.29, 0.717) is 0 Å². The molecule has 0 aromatic rings. The Bertz CT molecular complexity index is 440. The van der Waals surface area contributed by atoms with Crippen molar-refractivity contribution in [2.45, 2.75) is 23.5 Å². The molecule has 0 amide bonds. The molecule has 0 bridgehead atoms. The van der Waals surface area contributed by atoms with Gasteiger partial charge in [-0.3, -0.25) is 9.11 Å². The van der Waals surface area contributed by atoms with E-state index in [0.717, 1.165) is 6.92 Å². The Hall–Kier alpha value is -0.750. The van der Waals surface area contributed by atoms with Crippen LogP contribution in [0.5, 0.6) is 0 Å². The smallest absolute Gasteiger partial charge is 0.335 e. The number of hydrogen-bond acceptors (Lipinski definition) is 6. The maximum Gasteiger partial charge on any atom is 0.335 e. The average Bonchev–Trinajstić information content (AvgIpc) is 2.00. The Balaban J connectivity index is 6.22. The van der Waals surface area contributed by atoms with Crippen molar-refractivity contribution >= 4 is 26.2 Å². The molecule has 0 aliphatic heterocycles. The van der Waals surface area contributed by atoms with Gasteiger partial charge in [0.05, 0.1) is 0 Å². The third-order valence-electron chi connectivity index (χ3n) is 2.02. The van der Waals surface area contributed by atoms with Gasteiger partial charge in [-0.15, -0.1) is 0 Å². The fourth-order valence-corrected chi connectivity index (χ4v) is 3.72. The second kappa shape index (κ2) is 4.25. The van der Waals surface area contributed by atoms with Crippen LogP contribution in [0.3, 0.4) is 0 Å². The molecule has 0 aromatic carbocycles. The Kier molecular flexibility index (Phi) is 4.05. The van der Waals surface area contributed by atoms with Gasteiger partial charge in [-0.05, 0) is 6.42 Å². The van der Waals surface area contributed by atoms with E-state index in [1.807, 2.05) is 0 Å². The summed E-state index contributed by atoms with van der Waals surface area (Å²) in [5.74, 6) is -2.21. The van der Waals surface area contributed by atoms with Gasteiger partial charge in [-0.1, -0.05) is 6.92 Å². The van der Waals surface area contributed by atoms with E-state index in [2.05, 4.69) is 0 Å². The van der Waals surface area contributed by atoms with Gasteiger partial charge in [0.2, 0.25) is 0 Å². The third-order valence-corrected chi connectivity index (χ3v) is 6.05.